The van der Waals surface area contributed by atoms with Crippen molar-refractivity contribution in [2.45, 2.75) is 26.9 Å². The first-order valence-electron chi connectivity index (χ1n) is 9.54. The zero-order valence-electron chi connectivity index (χ0n) is 17.4. The second kappa shape index (κ2) is 11.2. The topological polar surface area (TPSA) is 57.5 Å². The van der Waals surface area contributed by atoms with Crippen molar-refractivity contribution in [3.8, 4) is 5.75 Å². The van der Waals surface area contributed by atoms with Gasteiger partial charge in [-0.3, -0.25) is 5.41 Å². The molecule has 3 aromatic rings. The maximum atomic E-state index is 7.39. The zero-order chi connectivity index (χ0) is 21.2. The van der Waals surface area contributed by atoms with Crippen molar-refractivity contribution in [2.24, 2.45) is 4.99 Å². The molecule has 0 saturated carbocycles. The Bertz CT molecular complexity index is 966. The van der Waals surface area contributed by atoms with Gasteiger partial charge >= 0.3 is 0 Å². The molecule has 0 fully saturated rings. The average Bonchev–Trinajstić information content (AvgIpc) is 2.72. The fourth-order valence-corrected chi connectivity index (χ4v) is 2.73. The van der Waals surface area contributed by atoms with Crippen molar-refractivity contribution < 1.29 is 4.74 Å². The van der Waals surface area contributed by atoms with E-state index >= 15 is 0 Å². The molecule has 0 amide bonds. The largest absolute Gasteiger partial charge is 0.491 e. The Morgan fingerprint density at radius 1 is 1.10 bits per heavy atom. The molecule has 0 unspecified atom stereocenters. The Hall–Kier alpha value is -2.85. The maximum absolute atomic E-state index is 7.39. The number of hydrogen-bond donors (Lipinski definition) is 2. The lowest BCUT2D eigenvalue weighted by molar-refractivity contribution is 0.242. The van der Waals surface area contributed by atoms with Crippen LogP contribution in [0.3, 0.4) is 0 Å². The summed E-state index contributed by atoms with van der Waals surface area (Å²) < 4.78 is 5.49. The highest BCUT2D eigenvalue weighted by atomic mass is 35.5. The van der Waals surface area contributed by atoms with Gasteiger partial charge in [0, 0.05) is 18.9 Å². The molecule has 0 bridgehead atoms. The number of benzene rings is 3. The fourth-order valence-electron chi connectivity index (χ4n) is 2.67. The van der Waals surface area contributed by atoms with Crippen molar-refractivity contribution in [3.63, 3.8) is 0 Å². The first-order valence-corrected chi connectivity index (χ1v) is 10.1. The molecule has 0 aliphatic carbocycles. The average molecular weight is 410 g/mol. The van der Waals surface area contributed by atoms with E-state index in [0.29, 0.717) is 0 Å². The minimum Gasteiger partial charge on any atom is -0.491 e. The van der Waals surface area contributed by atoms with Gasteiger partial charge in [0.25, 0.3) is 0 Å². The Morgan fingerprint density at radius 3 is 2.28 bits per heavy atom. The van der Waals surface area contributed by atoms with E-state index < -0.39 is 0 Å². The number of nitrogens with zero attached hydrogens (tertiary/aromatic N) is 1. The van der Waals surface area contributed by atoms with Gasteiger partial charge < -0.3 is 10.1 Å². The summed E-state index contributed by atoms with van der Waals surface area (Å²) in [5, 5.41) is 12.8. The van der Waals surface area contributed by atoms with Crippen molar-refractivity contribution in [1.29, 1.82) is 5.41 Å². The quantitative estimate of drug-likeness (QED) is 0.295. The molecule has 3 rings (SSSR count). The van der Waals surface area contributed by atoms with E-state index in [1.54, 1.807) is 6.21 Å². The molecule has 2 N–H and O–H groups in total. The molecular formula is C24H28ClN3O. The Morgan fingerprint density at radius 2 is 1.72 bits per heavy atom. The normalized spacial score (nSPS) is 10.7. The van der Waals surface area contributed by atoms with Crippen LogP contribution in [0.5, 0.6) is 5.75 Å². The minimum atomic E-state index is 0.142. The minimum absolute atomic E-state index is 0.142. The first-order chi connectivity index (χ1) is 13.9. The van der Waals surface area contributed by atoms with Gasteiger partial charge in [-0.1, -0.05) is 30.3 Å². The van der Waals surface area contributed by atoms with Gasteiger partial charge in [-0.25, -0.2) is 4.99 Å². The van der Waals surface area contributed by atoms with Crippen LogP contribution < -0.4 is 10.1 Å². The summed E-state index contributed by atoms with van der Waals surface area (Å²) in [6.07, 6.45) is 1.94. The second-order valence-electron chi connectivity index (χ2n) is 6.84. The third-order valence-corrected chi connectivity index (χ3v) is 4.39. The third kappa shape index (κ3) is 7.24. The van der Waals surface area contributed by atoms with E-state index in [9.17, 15) is 0 Å². The van der Waals surface area contributed by atoms with Gasteiger partial charge in [-0.2, -0.15) is 0 Å². The number of alkyl halides is 1. The summed E-state index contributed by atoms with van der Waals surface area (Å²) in [5.41, 5.74) is 3.28. The lowest BCUT2D eigenvalue weighted by atomic mass is 10.0. The van der Waals surface area contributed by atoms with E-state index in [4.69, 9.17) is 21.7 Å². The monoisotopic (exact) mass is 409 g/mol. The van der Waals surface area contributed by atoms with Crippen molar-refractivity contribution >= 4 is 40.1 Å². The molecule has 0 saturated heterocycles. The number of fused-ring (bicyclic) bond motifs is 1. The van der Waals surface area contributed by atoms with Crippen LogP contribution >= 0.6 is 11.6 Å². The number of aliphatic imine (C=N–C) groups is 1. The number of hydrogen-bond acceptors (Lipinski definition) is 3. The highest BCUT2D eigenvalue weighted by molar-refractivity contribution is 6.28. The number of nitrogens with one attached hydrogen (secondary N) is 2. The van der Waals surface area contributed by atoms with Crippen molar-refractivity contribution in [1.82, 2.24) is 0 Å². The lowest BCUT2D eigenvalue weighted by Crippen LogP contribution is -2.05. The number of aryl methyl sites for hydroxylation is 1. The third-order valence-electron chi connectivity index (χ3n) is 4.14. The number of halogens is 1. The van der Waals surface area contributed by atoms with Gasteiger partial charge in [0.2, 0.25) is 0 Å². The highest BCUT2D eigenvalue weighted by Crippen LogP contribution is 2.18. The predicted octanol–water partition coefficient (Wildman–Crippen LogP) is 6.30. The van der Waals surface area contributed by atoms with E-state index in [-0.39, 0.29) is 17.8 Å². The molecule has 3 aromatic carbocycles. The van der Waals surface area contributed by atoms with Crippen LogP contribution in [0.2, 0.25) is 0 Å². The summed E-state index contributed by atoms with van der Waals surface area (Å²) in [4.78, 5) is 4.01. The van der Waals surface area contributed by atoms with Crippen LogP contribution in [-0.4, -0.2) is 31.1 Å². The van der Waals surface area contributed by atoms with E-state index in [1.165, 1.54) is 10.8 Å². The lowest BCUT2D eigenvalue weighted by Gasteiger charge is -2.09. The molecule has 4 nitrogen and oxygen atoms in total. The molecule has 29 heavy (non-hydrogen) atoms. The highest BCUT2D eigenvalue weighted by Gasteiger charge is 1.99. The molecule has 5 heteroatoms. The van der Waals surface area contributed by atoms with Gasteiger partial charge in [0.1, 0.15) is 11.6 Å². The predicted molar refractivity (Wildman–Crippen MR) is 126 cm³/mol. The second-order valence-corrected chi connectivity index (χ2v) is 7.10. The van der Waals surface area contributed by atoms with Gasteiger partial charge in [0.05, 0.1) is 12.0 Å². The van der Waals surface area contributed by atoms with Crippen molar-refractivity contribution in [3.05, 3.63) is 71.8 Å². The van der Waals surface area contributed by atoms with E-state index in [2.05, 4.69) is 34.6 Å². The molecule has 0 radical (unpaired) electrons. The van der Waals surface area contributed by atoms with Crippen LogP contribution in [0, 0.1) is 12.3 Å². The Kier molecular flexibility index (Phi) is 8.68. The molecular weight excluding hydrogens is 382 g/mol. The molecule has 152 valence electrons. The SMILES string of the molecule is CNc1ccc(OC(C)C)cc1.Cc1cc2ccccc2cc1C=NC(=N)CCl. The summed E-state index contributed by atoms with van der Waals surface area (Å²) in [6.45, 7) is 6.08. The fraction of sp³-hybridized carbons (Fsp3) is 0.250. The molecule has 0 aliphatic rings. The molecule has 0 spiro atoms. The number of amidine groups is 1. The number of ether oxygens (including phenoxy) is 1. The smallest absolute Gasteiger partial charge is 0.135 e. The molecule has 0 heterocycles. The molecule has 0 aliphatic heterocycles. The Balaban J connectivity index is 0.000000221. The van der Waals surface area contributed by atoms with Crippen molar-refractivity contribution in [2.75, 3.05) is 18.2 Å². The van der Waals surface area contributed by atoms with E-state index in [1.807, 2.05) is 64.2 Å². The summed E-state index contributed by atoms with van der Waals surface area (Å²) in [7, 11) is 1.90. The van der Waals surface area contributed by atoms with Gasteiger partial charge in [-0.05, 0) is 73.0 Å². The standard InChI is InChI=1S/C14H13ClN2.C10H15NO/c1-10-6-11-4-2-3-5-12(11)7-13(10)9-17-14(16)8-15;1-8(2)12-10-6-4-9(11-3)5-7-10/h2-7,9,16H,8H2,1H3;4-8,11H,1-3H3. The summed E-state index contributed by atoms with van der Waals surface area (Å²) in [5.74, 6) is 1.24. The number of rotatable bonds is 5. The summed E-state index contributed by atoms with van der Waals surface area (Å²) >= 11 is 5.51. The number of anilines is 1. The van der Waals surface area contributed by atoms with Crippen LogP contribution in [-0.2, 0) is 0 Å². The van der Waals surface area contributed by atoms with Gasteiger partial charge in [0.15, 0.2) is 0 Å². The van der Waals surface area contributed by atoms with Gasteiger partial charge in [-0.15, -0.1) is 11.6 Å². The van der Waals surface area contributed by atoms with Crippen LogP contribution in [0.1, 0.15) is 25.0 Å². The molecule has 0 aromatic heterocycles. The molecule has 0 atom stereocenters. The summed E-state index contributed by atoms with van der Waals surface area (Å²) in [6, 6.07) is 20.3. The first kappa shape index (κ1) is 22.4. The maximum Gasteiger partial charge on any atom is 0.135 e. The van der Waals surface area contributed by atoms with Crippen LogP contribution in [0.25, 0.3) is 10.8 Å². The van der Waals surface area contributed by atoms with E-state index in [0.717, 1.165) is 22.6 Å². The van der Waals surface area contributed by atoms with Crippen LogP contribution in [0.15, 0.2) is 65.7 Å². The zero-order valence-corrected chi connectivity index (χ0v) is 18.1. The Labute approximate surface area is 178 Å². The van der Waals surface area contributed by atoms with Crippen LogP contribution in [0.4, 0.5) is 5.69 Å².